The fourth-order valence-corrected chi connectivity index (χ4v) is 2.20. The predicted molar refractivity (Wildman–Crippen MR) is 70.9 cm³/mol. The molecular weight excluding hydrogens is 226 g/mol. The van der Waals surface area contributed by atoms with Crippen LogP contribution in [0, 0.1) is 6.92 Å². The number of aryl methyl sites for hydroxylation is 1. The lowest BCUT2D eigenvalue weighted by atomic mass is 10.1. The number of hydrogen-bond acceptors (Lipinski definition) is 3. The highest BCUT2D eigenvalue weighted by Gasteiger charge is 2.08. The summed E-state index contributed by atoms with van der Waals surface area (Å²) >= 11 is 0. The Hall–Kier alpha value is -2.14. The van der Waals surface area contributed by atoms with E-state index in [1.165, 1.54) is 0 Å². The predicted octanol–water partition coefficient (Wildman–Crippen LogP) is 1.73. The van der Waals surface area contributed by atoms with Crippen molar-refractivity contribution in [1.82, 2.24) is 19.5 Å². The lowest BCUT2D eigenvalue weighted by Gasteiger charge is -2.04. The molecule has 0 amide bonds. The number of fused-ring (bicyclic) bond motifs is 1. The minimum Gasteiger partial charge on any atom is -0.342 e. The number of H-pyrrole nitrogens is 1. The Bertz CT molecular complexity index is 707. The van der Waals surface area contributed by atoms with Crippen molar-refractivity contribution in [2.75, 3.05) is 0 Å². The molecule has 5 nitrogen and oxygen atoms in total. The van der Waals surface area contributed by atoms with Crippen molar-refractivity contribution in [3.05, 3.63) is 36.0 Å². The Labute approximate surface area is 105 Å². The molecule has 18 heavy (non-hydrogen) atoms. The Kier molecular flexibility index (Phi) is 2.41. The number of hydrogen-bond donors (Lipinski definition) is 2. The summed E-state index contributed by atoms with van der Waals surface area (Å²) in [4.78, 5) is 11.9. The topological polar surface area (TPSA) is 72.5 Å². The zero-order chi connectivity index (χ0) is 12.7. The maximum absolute atomic E-state index is 5.64. The van der Waals surface area contributed by atoms with E-state index in [4.69, 9.17) is 5.73 Å². The van der Waals surface area contributed by atoms with Crippen LogP contribution >= 0.6 is 0 Å². The van der Waals surface area contributed by atoms with Gasteiger partial charge in [-0.2, -0.15) is 0 Å². The van der Waals surface area contributed by atoms with Crippen molar-refractivity contribution in [2.45, 2.75) is 13.5 Å². The van der Waals surface area contributed by atoms with Crippen molar-refractivity contribution < 1.29 is 0 Å². The van der Waals surface area contributed by atoms with Crippen LogP contribution in [0.15, 0.2) is 24.4 Å². The number of aromatic nitrogens is 4. The first kappa shape index (κ1) is 11.0. The molecule has 0 unspecified atom stereocenters. The first-order valence-electron chi connectivity index (χ1n) is 5.86. The van der Waals surface area contributed by atoms with Crippen LogP contribution in [0.4, 0.5) is 0 Å². The number of nitrogens with zero attached hydrogens (tertiary/aromatic N) is 3. The summed E-state index contributed by atoms with van der Waals surface area (Å²) < 4.78 is 2.02. The number of nitrogens with one attached hydrogen (secondary N) is 1. The lowest BCUT2D eigenvalue weighted by Crippen LogP contribution is -2.05. The standard InChI is InChI=1S/C13H15N5/c1-8-16-10-4-3-9(5-11(10)17-8)12-7-15-13(6-14)18(12)2/h3-5,7H,6,14H2,1-2H3,(H,16,17). The van der Waals surface area contributed by atoms with Gasteiger partial charge in [0.1, 0.15) is 11.6 Å². The van der Waals surface area contributed by atoms with Crippen molar-refractivity contribution >= 4 is 11.0 Å². The third-order valence-corrected chi connectivity index (χ3v) is 3.16. The fourth-order valence-electron chi connectivity index (χ4n) is 2.20. The maximum Gasteiger partial charge on any atom is 0.122 e. The molecule has 0 saturated heterocycles. The lowest BCUT2D eigenvalue weighted by molar-refractivity contribution is 0.799. The smallest absolute Gasteiger partial charge is 0.122 e. The Balaban J connectivity index is 2.15. The molecule has 0 fully saturated rings. The van der Waals surface area contributed by atoms with Gasteiger partial charge in [-0.3, -0.25) is 0 Å². The van der Waals surface area contributed by atoms with Gasteiger partial charge in [-0.15, -0.1) is 0 Å². The number of nitrogens with two attached hydrogens (primary N) is 1. The molecule has 2 aromatic heterocycles. The summed E-state index contributed by atoms with van der Waals surface area (Å²) in [6, 6.07) is 6.16. The molecule has 3 rings (SSSR count). The van der Waals surface area contributed by atoms with Crippen LogP contribution in [0.5, 0.6) is 0 Å². The number of benzene rings is 1. The summed E-state index contributed by atoms with van der Waals surface area (Å²) in [5.74, 6) is 1.81. The molecule has 0 aliphatic rings. The summed E-state index contributed by atoms with van der Waals surface area (Å²) in [6.45, 7) is 2.40. The van der Waals surface area contributed by atoms with Gasteiger partial charge < -0.3 is 15.3 Å². The van der Waals surface area contributed by atoms with Crippen LogP contribution in [0.2, 0.25) is 0 Å². The highest BCUT2D eigenvalue weighted by atomic mass is 15.1. The Morgan fingerprint density at radius 3 is 2.94 bits per heavy atom. The molecule has 0 aliphatic heterocycles. The van der Waals surface area contributed by atoms with Gasteiger partial charge >= 0.3 is 0 Å². The van der Waals surface area contributed by atoms with Gasteiger partial charge in [0.2, 0.25) is 0 Å². The molecule has 3 aromatic rings. The van der Waals surface area contributed by atoms with Gasteiger partial charge in [0.15, 0.2) is 0 Å². The number of aromatic amines is 1. The van der Waals surface area contributed by atoms with E-state index >= 15 is 0 Å². The molecule has 0 saturated carbocycles. The van der Waals surface area contributed by atoms with E-state index in [0.717, 1.165) is 33.9 Å². The first-order chi connectivity index (χ1) is 8.69. The Morgan fingerprint density at radius 2 is 2.22 bits per heavy atom. The summed E-state index contributed by atoms with van der Waals surface area (Å²) in [6.07, 6.45) is 1.85. The van der Waals surface area contributed by atoms with E-state index in [9.17, 15) is 0 Å². The molecule has 0 bridgehead atoms. The Morgan fingerprint density at radius 1 is 1.39 bits per heavy atom. The van der Waals surface area contributed by atoms with Gasteiger partial charge in [0.05, 0.1) is 29.5 Å². The van der Waals surface area contributed by atoms with Crippen molar-refractivity contribution in [1.29, 1.82) is 0 Å². The summed E-state index contributed by atoms with van der Waals surface area (Å²) in [5, 5.41) is 0. The monoisotopic (exact) mass is 241 g/mol. The zero-order valence-electron chi connectivity index (χ0n) is 10.4. The minimum absolute atomic E-state index is 0.446. The quantitative estimate of drug-likeness (QED) is 0.717. The molecule has 2 heterocycles. The van der Waals surface area contributed by atoms with E-state index in [1.54, 1.807) is 0 Å². The van der Waals surface area contributed by atoms with Crippen LogP contribution in [0.3, 0.4) is 0 Å². The van der Waals surface area contributed by atoms with Gasteiger partial charge in [0.25, 0.3) is 0 Å². The second-order valence-corrected chi connectivity index (χ2v) is 4.38. The zero-order valence-corrected chi connectivity index (χ0v) is 10.4. The number of imidazole rings is 2. The molecule has 5 heteroatoms. The highest BCUT2D eigenvalue weighted by Crippen LogP contribution is 2.23. The molecule has 1 aromatic carbocycles. The van der Waals surface area contributed by atoms with Crippen LogP contribution in [-0.2, 0) is 13.6 Å². The second-order valence-electron chi connectivity index (χ2n) is 4.38. The van der Waals surface area contributed by atoms with Crippen LogP contribution < -0.4 is 5.73 Å². The van der Waals surface area contributed by atoms with Crippen molar-refractivity contribution in [3.63, 3.8) is 0 Å². The van der Waals surface area contributed by atoms with E-state index in [0.29, 0.717) is 6.54 Å². The van der Waals surface area contributed by atoms with Gasteiger partial charge in [0, 0.05) is 12.6 Å². The van der Waals surface area contributed by atoms with E-state index < -0.39 is 0 Å². The molecule has 0 spiro atoms. The fraction of sp³-hybridized carbons (Fsp3) is 0.231. The highest BCUT2D eigenvalue weighted by molar-refractivity contribution is 5.81. The van der Waals surface area contributed by atoms with Gasteiger partial charge in [-0.05, 0) is 19.1 Å². The van der Waals surface area contributed by atoms with Gasteiger partial charge in [-0.25, -0.2) is 9.97 Å². The molecule has 0 atom stereocenters. The molecule has 0 aliphatic carbocycles. The van der Waals surface area contributed by atoms with Crippen LogP contribution in [0.1, 0.15) is 11.6 Å². The third kappa shape index (κ3) is 1.60. The first-order valence-corrected chi connectivity index (χ1v) is 5.86. The molecule has 0 radical (unpaired) electrons. The van der Waals surface area contributed by atoms with E-state index in [2.05, 4.69) is 27.1 Å². The molecular formula is C13H15N5. The van der Waals surface area contributed by atoms with Crippen LogP contribution in [-0.4, -0.2) is 19.5 Å². The second kappa shape index (κ2) is 3.96. The largest absolute Gasteiger partial charge is 0.342 e. The minimum atomic E-state index is 0.446. The SMILES string of the molecule is Cc1nc2ccc(-c3cnc(CN)n3C)cc2[nH]1. The molecule has 92 valence electrons. The average Bonchev–Trinajstić information content (AvgIpc) is 2.89. The summed E-state index contributed by atoms with van der Waals surface area (Å²) in [7, 11) is 1.98. The van der Waals surface area contributed by atoms with Gasteiger partial charge in [-0.1, -0.05) is 6.07 Å². The number of rotatable bonds is 2. The van der Waals surface area contributed by atoms with E-state index in [1.807, 2.05) is 30.8 Å². The third-order valence-electron chi connectivity index (χ3n) is 3.16. The van der Waals surface area contributed by atoms with Crippen molar-refractivity contribution in [3.8, 4) is 11.3 Å². The summed E-state index contributed by atoms with van der Waals surface area (Å²) in [5.41, 5.74) is 9.83. The van der Waals surface area contributed by atoms with E-state index in [-0.39, 0.29) is 0 Å². The van der Waals surface area contributed by atoms with Crippen LogP contribution in [0.25, 0.3) is 22.3 Å². The normalized spacial score (nSPS) is 11.3. The van der Waals surface area contributed by atoms with Crippen molar-refractivity contribution in [2.24, 2.45) is 12.8 Å². The maximum atomic E-state index is 5.64. The molecule has 3 N–H and O–H groups in total. The average molecular weight is 241 g/mol.